The van der Waals surface area contributed by atoms with Gasteiger partial charge in [0.2, 0.25) is 0 Å². The summed E-state index contributed by atoms with van der Waals surface area (Å²) in [6.07, 6.45) is 8.90. The monoisotopic (exact) mass is 218 g/mol. The summed E-state index contributed by atoms with van der Waals surface area (Å²) >= 11 is 0. The van der Waals surface area contributed by atoms with Gasteiger partial charge in [0.15, 0.2) is 5.78 Å². The van der Waals surface area contributed by atoms with Crippen LogP contribution in [0, 0.1) is 11.8 Å². The van der Waals surface area contributed by atoms with Crippen molar-refractivity contribution in [3.8, 4) is 0 Å². The van der Waals surface area contributed by atoms with Crippen LogP contribution in [-0.2, 0) is 0 Å². The van der Waals surface area contributed by atoms with Gasteiger partial charge in [-0.05, 0) is 37.7 Å². The van der Waals surface area contributed by atoms with Crippen LogP contribution in [0.1, 0.15) is 49.4 Å². The second kappa shape index (κ2) is 5.19. The Morgan fingerprint density at radius 2 is 2.06 bits per heavy atom. The molecule has 3 nitrogen and oxygen atoms in total. The zero-order chi connectivity index (χ0) is 11.4. The van der Waals surface area contributed by atoms with Crippen molar-refractivity contribution in [3.05, 3.63) is 24.0 Å². The molecule has 1 aliphatic rings. The topological polar surface area (TPSA) is 42.9 Å². The second-order valence-electron chi connectivity index (χ2n) is 4.62. The van der Waals surface area contributed by atoms with Crippen LogP contribution in [0.5, 0.6) is 0 Å². The number of rotatable bonds is 3. The first-order chi connectivity index (χ1) is 7.81. The highest BCUT2D eigenvalue weighted by Crippen LogP contribution is 2.32. The Hall–Kier alpha value is -1.25. The predicted octanol–water partition coefficient (Wildman–Crippen LogP) is 2.88. The maximum Gasteiger partial charge on any atom is 0.167 e. The molecule has 0 N–H and O–H groups in total. The molecule has 0 unspecified atom stereocenters. The molecule has 16 heavy (non-hydrogen) atoms. The average molecular weight is 218 g/mol. The summed E-state index contributed by atoms with van der Waals surface area (Å²) < 4.78 is 0. The molecular weight excluding hydrogens is 200 g/mol. The van der Waals surface area contributed by atoms with Crippen LogP contribution in [0.15, 0.2) is 18.5 Å². The number of aromatic nitrogens is 2. The molecule has 1 aromatic heterocycles. The molecule has 1 aliphatic carbocycles. The van der Waals surface area contributed by atoms with Crippen LogP contribution in [0.2, 0.25) is 0 Å². The largest absolute Gasteiger partial charge is 0.294 e. The van der Waals surface area contributed by atoms with Gasteiger partial charge in [0.25, 0.3) is 0 Å². The molecule has 0 aromatic carbocycles. The lowest BCUT2D eigenvalue weighted by molar-refractivity contribution is 0.0870. The van der Waals surface area contributed by atoms with E-state index in [1.807, 2.05) is 0 Å². The molecule has 2 rings (SSSR count). The maximum atomic E-state index is 12.1. The van der Waals surface area contributed by atoms with Crippen molar-refractivity contribution in [3.63, 3.8) is 0 Å². The molecule has 0 radical (unpaired) electrons. The first-order valence-corrected chi connectivity index (χ1v) is 6.12. The average Bonchev–Trinajstić information content (AvgIpc) is 2.39. The number of ketones is 1. The Balaban J connectivity index is 1.97. The standard InChI is InChI=1S/C13H18N2O/c1-2-10-3-5-11(6-4-10)13(16)12-7-8-14-15-9-12/h7-11H,2-6H2,1H3. The summed E-state index contributed by atoms with van der Waals surface area (Å²) in [5, 5.41) is 7.46. The second-order valence-corrected chi connectivity index (χ2v) is 4.62. The number of hydrogen-bond acceptors (Lipinski definition) is 3. The van der Waals surface area contributed by atoms with Gasteiger partial charge in [-0.15, -0.1) is 0 Å². The zero-order valence-corrected chi connectivity index (χ0v) is 9.72. The van der Waals surface area contributed by atoms with Gasteiger partial charge in [-0.25, -0.2) is 0 Å². The van der Waals surface area contributed by atoms with Crippen molar-refractivity contribution in [2.24, 2.45) is 11.8 Å². The molecule has 0 spiro atoms. The van der Waals surface area contributed by atoms with Gasteiger partial charge in [-0.2, -0.15) is 10.2 Å². The molecule has 1 aromatic rings. The van der Waals surface area contributed by atoms with Crippen LogP contribution in [0.25, 0.3) is 0 Å². The minimum Gasteiger partial charge on any atom is -0.294 e. The molecule has 1 saturated carbocycles. The molecule has 0 aliphatic heterocycles. The molecule has 1 heterocycles. The fourth-order valence-electron chi connectivity index (χ4n) is 2.51. The smallest absolute Gasteiger partial charge is 0.167 e. The van der Waals surface area contributed by atoms with Crippen molar-refractivity contribution in [2.45, 2.75) is 39.0 Å². The molecule has 0 atom stereocenters. The molecular formula is C13H18N2O. The summed E-state index contributed by atoms with van der Waals surface area (Å²) in [4.78, 5) is 12.1. The summed E-state index contributed by atoms with van der Waals surface area (Å²) in [6.45, 7) is 2.24. The van der Waals surface area contributed by atoms with Crippen molar-refractivity contribution < 1.29 is 4.79 Å². The van der Waals surface area contributed by atoms with Gasteiger partial charge >= 0.3 is 0 Å². The van der Waals surface area contributed by atoms with Crippen LogP contribution in [0.3, 0.4) is 0 Å². The predicted molar refractivity (Wildman–Crippen MR) is 62.1 cm³/mol. The number of Topliss-reactive ketones (excluding diaryl/α,β-unsaturated/α-hetero) is 1. The molecule has 0 bridgehead atoms. The van der Waals surface area contributed by atoms with E-state index in [-0.39, 0.29) is 11.7 Å². The van der Waals surface area contributed by atoms with Crippen LogP contribution >= 0.6 is 0 Å². The van der Waals surface area contributed by atoms with E-state index >= 15 is 0 Å². The Bertz CT molecular complexity index is 342. The minimum atomic E-state index is 0.215. The third-order valence-corrected chi connectivity index (χ3v) is 3.66. The fraction of sp³-hybridized carbons (Fsp3) is 0.615. The van der Waals surface area contributed by atoms with Gasteiger partial charge in [-0.1, -0.05) is 13.3 Å². The van der Waals surface area contributed by atoms with Gasteiger partial charge in [0.1, 0.15) is 0 Å². The quantitative estimate of drug-likeness (QED) is 0.733. The van der Waals surface area contributed by atoms with Gasteiger partial charge in [-0.3, -0.25) is 4.79 Å². The van der Waals surface area contributed by atoms with E-state index in [2.05, 4.69) is 17.1 Å². The summed E-state index contributed by atoms with van der Waals surface area (Å²) in [5.74, 6) is 1.30. The van der Waals surface area contributed by atoms with Crippen molar-refractivity contribution in [2.75, 3.05) is 0 Å². The third kappa shape index (κ3) is 2.46. The lowest BCUT2D eigenvalue weighted by Gasteiger charge is -2.26. The Kier molecular flexibility index (Phi) is 3.65. The summed E-state index contributed by atoms with van der Waals surface area (Å²) in [5.41, 5.74) is 0.718. The first kappa shape index (κ1) is 11.2. The van der Waals surface area contributed by atoms with E-state index in [9.17, 15) is 4.79 Å². The molecule has 0 saturated heterocycles. The number of carbonyl (C=O) groups is 1. The first-order valence-electron chi connectivity index (χ1n) is 6.12. The zero-order valence-electron chi connectivity index (χ0n) is 9.72. The summed E-state index contributed by atoms with van der Waals surface area (Å²) in [6, 6.07) is 1.77. The summed E-state index contributed by atoms with van der Waals surface area (Å²) in [7, 11) is 0. The van der Waals surface area contributed by atoms with Gasteiger partial charge in [0, 0.05) is 11.5 Å². The fourth-order valence-corrected chi connectivity index (χ4v) is 2.51. The highest BCUT2D eigenvalue weighted by molar-refractivity contribution is 5.97. The van der Waals surface area contributed by atoms with Crippen LogP contribution in [-0.4, -0.2) is 16.0 Å². The lowest BCUT2D eigenvalue weighted by Crippen LogP contribution is -2.21. The van der Waals surface area contributed by atoms with E-state index in [1.54, 1.807) is 18.5 Å². The normalized spacial score (nSPS) is 25.3. The maximum absolute atomic E-state index is 12.1. The third-order valence-electron chi connectivity index (χ3n) is 3.66. The number of carbonyl (C=O) groups excluding carboxylic acids is 1. The lowest BCUT2D eigenvalue weighted by atomic mass is 9.78. The number of nitrogens with zero attached hydrogens (tertiary/aromatic N) is 2. The molecule has 1 fully saturated rings. The van der Waals surface area contributed by atoms with Crippen molar-refractivity contribution >= 4 is 5.78 Å². The van der Waals surface area contributed by atoms with E-state index < -0.39 is 0 Å². The van der Waals surface area contributed by atoms with Crippen molar-refractivity contribution in [1.82, 2.24) is 10.2 Å². The molecule has 0 amide bonds. The van der Waals surface area contributed by atoms with E-state index in [0.29, 0.717) is 0 Å². The van der Waals surface area contributed by atoms with Gasteiger partial charge < -0.3 is 0 Å². The van der Waals surface area contributed by atoms with Crippen LogP contribution < -0.4 is 0 Å². The number of hydrogen-bond donors (Lipinski definition) is 0. The van der Waals surface area contributed by atoms with Crippen LogP contribution in [0.4, 0.5) is 0 Å². The van der Waals surface area contributed by atoms with Crippen molar-refractivity contribution in [1.29, 1.82) is 0 Å². The Morgan fingerprint density at radius 1 is 1.31 bits per heavy atom. The SMILES string of the molecule is CCC1CCC(C(=O)c2ccnnc2)CC1. The van der Waals surface area contributed by atoms with E-state index in [4.69, 9.17) is 0 Å². The van der Waals surface area contributed by atoms with Gasteiger partial charge in [0.05, 0.1) is 12.4 Å². The Labute approximate surface area is 96.3 Å². The van der Waals surface area contributed by atoms with E-state index in [1.165, 1.54) is 19.3 Å². The highest BCUT2D eigenvalue weighted by Gasteiger charge is 2.26. The minimum absolute atomic E-state index is 0.215. The van der Waals surface area contributed by atoms with E-state index in [0.717, 1.165) is 24.3 Å². The highest BCUT2D eigenvalue weighted by atomic mass is 16.1. The molecule has 86 valence electrons. The Morgan fingerprint density at radius 3 is 2.62 bits per heavy atom. The molecule has 3 heteroatoms.